The molecule has 1 N–H and O–H groups in total. The number of halogens is 2. The number of thiazole rings is 1. The summed E-state index contributed by atoms with van der Waals surface area (Å²) in [7, 11) is -4.83. The largest absolute Gasteiger partial charge is 0.362 e. The van der Waals surface area contributed by atoms with Crippen LogP contribution in [0, 0.1) is 6.92 Å². The number of hydrogen-bond acceptors (Lipinski definition) is 6. The van der Waals surface area contributed by atoms with Gasteiger partial charge in [-0.1, -0.05) is 18.2 Å². The van der Waals surface area contributed by atoms with Gasteiger partial charge in [0.25, 0.3) is 0 Å². The number of nitrogens with one attached hydrogen (secondary N) is 1. The second-order valence-corrected chi connectivity index (χ2v) is 10.1. The predicted molar refractivity (Wildman–Crippen MR) is 116 cm³/mol. The summed E-state index contributed by atoms with van der Waals surface area (Å²) >= 11 is 1.58. The summed E-state index contributed by atoms with van der Waals surface area (Å²) in [4.78, 5) is 18.4. The Hall–Kier alpha value is -2.85. The maximum absolute atomic E-state index is 13.0. The fourth-order valence-corrected chi connectivity index (χ4v) is 5.07. The normalized spacial score (nSPS) is 13.5. The molecule has 1 aromatic heterocycles. The Morgan fingerprint density at radius 3 is 2.74 bits per heavy atom. The monoisotopic (exact) mass is 463 g/mol. The van der Waals surface area contributed by atoms with Crippen LogP contribution in [0.25, 0.3) is 11.3 Å². The summed E-state index contributed by atoms with van der Waals surface area (Å²) in [5, 5.41) is 5.46. The number of sulfone groups is 1. The number of anilines is 2. The van der Waals surface area contributed by atoms with Gasteiger partial charge in [-0.05, 0) is 43.2 Å². The van der Waals surface area contributed by atoms with Crippen molar-refractivity contribution in [3.05, 3.63) is 58.4 Å². The van der Waals surface area contributed by atoms with E-state index in [4.69, 9.17) is 0 Å². The van der Waals surface area contributed by atoms with Crippen molar-refractivity contribution in [1.29, 1.82) is 0 Å². The van der Waals surface area contributed by atoms with Gasteiger partial charge in [0, 0.05) is 23.2 Å². The lowest BCUT2D eigenvalue weighted by molar-refractivity contribution is -0.115. The number of carbonyl (C=O) groups excluding carboxylic acids is 1. The number of rotatable bonds is 6. The lowest BCUT2D eigenvalue weighted by Gasteiger charge is -2.19. The molecule has 1 amide bonds. The zero-order valence-corrected chi connectivity index (χ0v) is 18.1. The highest BCUT2D eigenvalue weighted by Crippen LogP contribution is 2.33. The number of hydrogen-bond donors (Lipinski definition) is 1. The van der Waals surface area contributed by atoms with Crippen LogP contribution in [0.2, 0.25) is 0 Å². The van der Waals surface area contributed by atoms with Gasteiger partial charge in [0.15, 0.2) is 0 Å². The number of aryl methyl sites for hydroxylation is 1. The highest BCUT2D eigenvalue weighted by Gasteiger charge is 2.30. The van der Waals surface area contributed by atoms with E-state index in [9.17, 15) is 22.0 Å². The SMILES string of the molecule is Cc1nc(-c2ccc3c(c2)CCN3CC(=O)Nc2ccccc2S(=O)(=O)C(F)F)cs1. The van der Waals surface area contributed by atoms with E-state index in [1.54, 1.807) is 11.3 Å². The van der Waals surface area contributed by atoms with Crippen LogP contribution in [0.5, 0.6) is 0 Å². The van der Waals surface area contributed by atoms with E-state index in [0.29, 0.717) is 6.54 Å². The van der Waals surface area contributed by atoms with E-state index >= 15 is 0 Å². The van der Waals surface area contributed by atoms with Crippen LogP contribution in [-0.2, 0) is 21.1 Å². The average Bonchev–Trinajstić information content (AvgIpc) is 3.34. The van der Waals surface area contributed by atoms with Gasteiger partial charge < -0.3 is 10.2 Å². The molecule has 4 rings (SSSR count). The molecule has 162 valence electrons. The number of alkyl halides is 2. The minimum Gasteiger partial charge on any atom is -0.362 e. The number of aromatic nitrogens is 1. The van der Waals surface area contributed by atoms with Gasteiger partial charge in [-0.25, -0.2) is 13.4 Å². The summed E-state index contributed by atoms with van der Waals surface area (Å²) in [6.45, 7) is 2.55. The van der Waals surface area contributed by atoms with Crippen LogP contribution < -0.4 is 10.2 Å². The van der Waals surface area contributed by atoms with Crippen molar-refractivity contribution in [2.75, 3.05) is 23.3 Å². The molecule has 3 aromatic rings. The number of carbonyl (C=O) groups is 1. The first-order valence-corrected chi connectivity index (χ1v) is 11.9. The van der Waals surface area contributed by atoms with Crippen molar-refractivity contribution in [2.45, 2.75) is 24.0 Å². The molecule has 0 aliphatic carbocycles. The van der Waals surface area contributed by atoms with E-state index in [1.807, 2.05) is 29.3 Å². The van der Waals surface area contributed by atoms with E-state index in [-0.39, 0.29) is 12.2 Å². The lowest BCUT2D eigenvalue weighted by atomic mass is 10.1. The van der Waals surface area contributed by atoms with E-state index in [1.165, 1.54) is 18.2 Å². The molecule has 0 saturated carbocycles. The number of fused-ring (bicyclic) bond motifs is 1. The molecule has 0 radical (unpaired) electrons. The molecule has 2 aromatic carbocycles. The van der Waals surface area contributed by atoms with Gasteiger partial charge in [0.05, 0.1) is 27.8 Å². The molecule has 6 nitrogen and oxygen atoms in total. The molecule has 2 heterocycles. The minimum atomic E-state index is -4.83. The fourth-order valence-electron chi connectivity index (χ4n) is 3.57. The van der Waals surface area contributed by atoms with Gasteiger partial charge >= 0.3 is 5.76 Å². The van der Waals surface area contributed by atoms with E-state index in [0.717, 1.165) is 40.0 Å². The van der Waals surface area contributed by atoms with Crippen molar-refractivity contribution < 1.29 is 22.0 Å². The first-order valence-electron chi connectivity index (χ1n) is 9.47. The standard InChI is InChI=1S/C21H19F2N3O3S2/c1-13-24-17(12-30-13)14-6-7-18-15(10-14)8-9-26(18)11-20(27)25-16-4-2-3-5-19(16)31(28,29)21(22)23/h2-7,10,12,21H,8-9,11H2,1H3,(H,25,27). The Balaban J connectivity index is 1.50. The zero-order chi connectivity index (χ0) is 22.2. The van der Waals surface area contributed by atoms with Crippen LogP contribution in [-0.4, -0.2) is 38.2 Å². The molecule has 1 aliphatic heterocycles. The van der Waals surface area contributed by atoms with E-state index < -0.39 is 26.4 Å². The summed E-state index contributed by atoms with van der Waals surface area (Å²) in [6, 6.07) is 11.1. The molecule has 0 spiro atoms. The molecule has 0 saturated heterocycles. The zero-order valence-electron chi connectivity index (χ0n) is 16.5. The topological polar surface area (TPSA) is 79.4 Å². The lowest BCUT2D eigenvalue weighted by Crippen LogP contribution is -2.32. The Kier molecular flexibility index (Phi) is 5.76. The van der Waals surface area contributed by atoms with Gasteiger partial charge in [-0.3, -0.25) is 4.79 Å². The van der Waals surface area contributed by atoms with Crippen molar-refractivity contribution >= 4 is 38.5 Å². The Morgan fingerprint density at radius 1 is 1.26 bits per heavy atom. The minimum absolute atomic E-state index is 0.0226. The van der Waals surface area contributed by atoms with Gasteiger partial charge in [-0.15, -0.1) is 11.3 Å². The molecule has 1 aliphatic rings. The summed E-state index contributed by atoms with van der Waals surface area (Å²) in [6.07, 6.45) is 0.760. The number of amides is 1. The van der Waals surface area contributed by atoms with Gasteiger partial charge in [0.1, 0.15) is 0 Å². The Morgan fingerprint density at radius 2 is 2.03 bits per heavy atom. The molecule has 0 atom stereocenters. The second kappa shape index (κ2) is 8.35. The third-order valence-corrected chi connectivity index (χ3v) is 7.23. The van der Waals surface area contributed by atoms with Crippen LogP contribution in [0.15, 0.2) is 52.7 Å². The van der Waals surface area contributed by atoms with Gasteiger partial charge in [-0.2, -0.15) is 8.78 Å². The van der Waals surface area contributed by atoms with Crippen molar-refractivity contribution in [2.24, 2.45) is 0 Å². The highest BCUT2D eigenvalue weighted by molar-refractivity contribution is 7.91. The van der Waals surface area contributed by atoms with Crippen LogP contribution in [0.4, 0.5) is 20.2 Å². The first-order chi connectivity index (χ1) is 14.8. The van der Waals surface area contributed by atoms with Crippen LogP contribution in [0.1, 0.15) is 10.6 Å². The van der Waals surface area contributed by atoms with Crippen molar-refractivity contribution in [3.63, 3.8) is 0 Å². The number of benzene rings is 2. The smallest absolute Gasteiger partial charge is 0.341 e. The second-order valence-electron chi connectivity index (χ2n) is 7.12. The summed E-state index contributed by atoms with van der Waals surface area (Å²) in [5.41, 5.74) is 3.79. The highest BCUT2D eigenvalue weighted by atomic mass is 32.2. The molecule has 0 bridgehead atoms. The Bertz CT molecular complexity index is 1240. The number of para-hydroxylation sites is 1. The molecule has 0 fully saturated rings. The first kappa shape index (κ1) is 21.4. The predicted octanol–water partition coefficient (Wildman–Crippen LogP) is 4.12. The average molecular weight is 464 g/mol. The third kappa shape index (κ3) is 4.31. The maximum Gasteiger partial charge on any atom is 0.341 e. The molecular formula is C21H19F2N3O3S2. The van der Waals surface area contributed by atoms with Crippen molar-refractivity contribution in [3.8, 4) is 11.3 Å². The third-order valence-electron chi connectivity index (χ3n) is 5.02. The van der Waals surface area contributed by atoms with Crippen LogP contribution in [0.3, 0.4) is 0 Å². The molecule has 10 heteroatoms. The number of nitrogens with zero attached hydrogens (tertiary/aromatic N) is 2. The van der Waals surface area contributed by atoms with E-state index in [2.05, 4.69) is 16.4 Å². The fraction of sp³-hybridized carbons (Fsp3) is 0.238. The quantitative estimate of drug-likeness (QED) is 0.595. The maximum atomic E-state index is 13.0. The molecular weight excluding hydrogens is 444 g/mol. The van der Waals surface area contributed by atoms with Crippen LogP contribution >= 0.6 is 11.3 Å². The summed E-state index contributed by atoms with van der Waals surface area (Å²) in [5.74, 6) is -4.05. The summed E-state index contributed by atoms with van der Waals surface area (Å²) < 4.78 is 49.7. The molecule has 31 heavy (non-hydrogen) atoms. The van der Waals surface area contributed by atoms with Gasteiger partial charge in [0.2, 0.25) is 15.7 Å². The van der Waals surface area contributed by atoms with Crippen molar-refractivity contribution in [1.82, 2.24) is 4.98 Å². The Labute approximate surface area is 182 Å². The molecule has 0 unspecified atom stereocenters.